The fourth-order valence-corrected chi connectivity index (χ4v) is 2.96. The average Bonchev–Trinajstić information content (AvgIpc) is 2.79. The maximum Gasteiger partial charge on any atom is 0.229 e. The first-order valence-corrected chi connectivity index (χ1v) is 9.63. The molecule has 0 atom stereocenters. The van der Waals surface area contributed by atoms with Crippen molar-refractivity contribution in [3.8, 4) is 11.3 Å². The zero-order chi connectivity index (χ0) is 20.8. The van der Waals surface area contributed by atoms with Gasteiger partial charge in [-0.15, -0.1) is 0 Å². The number of nitrogens with one attached hydrogen (secondary N) is 2. The zero-order valence-corrected chi connectivity index (χ0v) is 16.5. The first-order valence-electron chi connectivity index (χ1n) is 9.63. The second-order valence-electron chi connectivity index (χ2n) is 6.80. The van der Waals surface area contributed by atoms with E-state index in [1.54, 1.807) is 25.3 Å². The molecule has 0 saturated heterocycles. The van der Waals surface area contributed by atoms with Gasteiger partial charge in [0.15, 0.2) is 5.78 Å². The van der Waals surface area contributed by atoms with Crippen LogP contribution in [0, 0.1) is 0 Å². The number of aromatic nitrogens is 3. The molecule has 0 amide bonds. The van der Waals surface area contributed by atoms with Crippen LogP contribution in [0.1, 0.15) is 22.8 Å². The molecule has 2 heterocycles. The monoisotopic (exact) mass is 395 g/mol. The number of Topliss-reactive ketones (excluding diaryl/α,β-unsaturated/α-hetero) is 1. The minimum Gasteiger partial charge on any atom is -0.366 e. The van der Waals surface area contributed by atoms with Crippen LogP contribution in [0.5, 0.6) is 0 Å². The summed E-state index contributed by atoms with van der Waals surface area (Å²) in [7, 11) is 0. The van der Waals surface area contributed by atoms with E-state index >= 15 is 0 Å². The van der Waals surface area contributed by atoms with Crippen molar-refractivity contribution < 1.29 is 4.79 Å². The smallest absolute Gasteiger partial charge is 0.229 e. The zero-order valence-electron chi connectivity index (χ0n) is 16.5. The number of carbonyl (C=O) groups excluding carboxylic acids is 1. The van der Waals surface area contributed by atoms with Crippen LogP contribution in [0.4, 0.5) is 17.5 Å². The van der Waals surface area contributed by atoms with Crippen molar-refractivity contribution in [1.82, 2.24) is 15.0 Å². The van der Waals surface area contributed by atoms with Gasteiger partial charge in [-0.1, -0.05) is 36.4 Å². The maximum atomic E-state index is 11.5. The molecule has 0 aliphatic heterocycles. The third kappa shape index (κ3) is 4.86. The summed E-state index contributed by atoms with van der Waals surface area (Å²) < 4.78 is 0. The highest BCUT2D eigenvalue weighted by molar-refractivity contribution is 5.94. The second kappa shape index (κ2) is 8.96. The van der Waals surface area contributed by atoms with Gasteiger partial charge < -0.3 is 10.6 Å². The number of pyridine rings is 1. The third-order valence-corrected chi connectivity index (χ3v) is 4.54. The minimum absolute atomic E-state index is 0.0331. The van der Waals surface area contributed by atoms with E-state index in [2.05, 4.69) is 25.6 Å². The minimum atomic E-state index is 0.0331. The van der Waals surface area contributed by atoms with Gasteiger partial charge in [0.25, 0.3) is 0 Å². The Hall–Kier alpha value is -4.06. The molecule has 4 aromatic rings. The van der Waals surface area contributed by atoms with E-state index in [9.17, 15) is 4.79 Å². The fourth-order valence-electron chi connectivity index (χ4n) is 2.96. The molecular weight excluding hydrogens is 374 g/mol. The summed E-state index contributed by atoms with van der Waals surface area (Å²) >= 11 is 0. The molecule has 0 fully saturated rings. The summed E-state index contributed by atoms with van der Waals surface area (Å²) in [6.45, 7) is 2.15. The van der Waals surface area contributed by atoms with Crippen molar-refractivity contribution in [3.05, 3.63) is 96.3 Å². The number of hydrogen-bond acceptors (Lipinski definition) is 6. The van der Waals surface area contributed by atoms with Gasteiger partial charge >= 0.3 is 0 Å². The van der Waals surface area contributed by atoms with Crippen molar-refractivity contribution in [2.24, 2.45) is 0 Å². The Morgan fingerprint density at radius 1 is 0.933 bits per heavy atom. The predicted octanol–water partition coefficient (Wildman–Crippen LogP) is 5.10. The molecule has 4 rings (SSSR count). The van der Waals surface area contributed by atoms with Gasteiger partial charge in [0, 0.05) is 41.8 Å². The molecule has 0 aliphatic rings. The highest BCUT2D eigenvalue weighted by atomic mass is 16.1. The topological polar surface area (TPSA) is 79.8 Å². The van der Waals surface area contributed by atoms with E-state index in [0.717, 1.165) is 22.5 Å². The third-order valence-electron chi connectivity index (χ3n) is 4.54. The Morgan fingerprint density at radius 3 is 2.43 bits per heavy atom. The van der Waals surface area contributed by atoms with Crippen LogP contribution in [0.3, 0.4) is 0 Å². The van der Waals surface area contributed by atoms with Gasteiger partial charge in [-0.25, -0.2) is 4.98 Å². The summed E-state index contributed by atoms with van der Waals surface area (Å²) in [6, 6.07) is 23.1. The first kappa shape index (κ1) is 19.3. The van der Waals surface area contributed by atoms with Crippen LogP contribution in [-0.4, -0.2) is 20.7 Å². The van der Waals surface area contributed by atoms with Crippen molar-refractivity contribution in [3.63, 3.8) is 0 Å². The molecule has 0 spiro atoms. The molecule has 0 unspecified atom stereocenters. The van der Waals surface area contributed by atoms with Gasteiger partial charge in [-0.05, 0) is 42.8 Å². The maximum absolute atomic E-state index is 11.5. The SMILES string of the molecule is CC(=O)c1ccc(Nc2nc(NCc3cccnc3)cc(-c3ccccc3)n2)cc1. The van der Waals surface area contributed by atoms with Crippen LogP contribution >= 0.6 is 0 Å². The van der Waals surface area contributed by atoms with E-state index in [1.165, 1.54) is 0 Å². The Bertz CT molecular complexity index is 1130. The Labute approximate surface area is 175 Å². The van der Waals surface area contributed by atoms with E-state index in [1.807, 2.05) is 66.9 Å². The molecule has 6 nitrogen and oxygen atoms in total. The standard InChI is InChI=1S/C24H21N5O/c1-17(30)19-9-11-21(12-10-19)27-24-28-22(20-7-3-2-4-8-20)14-23(29-24)26-16-18-6-5-13-25-15-18/h2-15H,16H2,1H3,(H2,26,27,28,29). The molecular formula is C24H21N5O. The van der Waals surface area contributed by atoms with Crippen LogP contribution in [-0.2, 0) is 6.54 Å². The number of anilines is 3. The molecule has 2 aromatic carbocycles. The van der Waals surface area contributed by atoms with Crippen molar-refractivity contribution in [1.29, 1.82) is 0 Å². The Kier molecular flexibility index (Phi) is 5.75. The molecule has 0 radical (unpaired) electrons. The highest BCUT2D eigenvalue weighted by Gasteiger charge is 2.08. The van der Waals surface area contributed by atoms with Crippen LogP contribution in [0.25, 0.3) is 11.3 Å². The quantitative estimate of drug-likeness (QED) is 0.424. The van der Waals surface area contributed by atoms with E-state index in [-0.39, 0.29) is 5.78 Å². The van der Waals surface area contributed by atoms with Gasteiger partial charge in [0.2, 0.25) is 5.95 Å². The predicted molar refractivity (Wildman–Crippen MR) is 119 cm³/mol. The van der Waals surface area contributed by atoms with Gasteiger partial charge in [0.05, 0.1) is 5.69 Å². The van der Waals surface area contributed by atoms with Crippen molar-refractivity contribution in [2.75, 3.05) is 10.6 Å². The molecule has 0 aliphatic carbocycles. The van der Waals surface area contributed by atoms with Crippen LogP contribution < -0.4 is 10.6 Å². The molecule has 0 bridgehead atoms. The van der Waals surface area contributed by atoms with Gasteiger partial charge in [-0.3, -0.25) is 9.78 Å². The number of hydrogen-bond donors (Lipinski definition) is 2. The lowest BCUT2D eigenvalue weighted by molar-refractivity contribution is 0.101. The Morgan fingerprint density at radius 2 is 1.73 bits per heavy atom. The van der Waals surface area contributed by atoms with Crippen LogP contribution in [0.15, 0.2) is 85.2 Å². The number of ketones is 1. The summed E-state index contributed by atoms with van der Waals surface area (Å²) in [6.07, 6.45) is 3.57. The average molecular weight is 395 g/mol. The summed E-state index contributed by atoms with van der Waals surface area (Å²) in [5, 5.41) is 6.58. The second-order valence-corrected chi connectivity index (χ2v) is 6.80. The fraction of sp³-hybridized carbons (Fsp3) is 0.0833. The molecule has 2 aromatic heterocycles. The van der Waals surface area contributed by atoms with Gasteiger partial charge in [0.1, 0.15) is 5.82 Å². The number of nitrogens with zero attached hydrogens (tertiary/aromatic N) is 3. The summed E-state index contributed by atoms with van der Waals surface area (Å²) in [5.74, 6) is 1.21. The molecule has 6 heteroatoms. The lowest BCUT2D eigenvalue weighted by Gasteiger charge is -2.12. The number of carbonyl (C=O) groups is 1. The largest absolute Gasteiger partial charge is 0.366 e. The number of rotatable bonds is 7. The van der Waals surface area contributed by atoms with E-state index in [4.69, 9.17) is 0 Å². The number of benzene rings is 2. The summed E-state index contributed by atoms with van der Waals surface area (Å²) in [4.78, 5) is 24.9. The van der Waals surface area contributed by atoms with Crippen molar-refractivity contribution >= 4 is 23.2 Å². The normalized spacial score (nSPS) is 10.4. The van der Waals surface area contributed by atoms with E-state index < -0.39 is 0 Å². The molecule has 148 valence electrons. The molecule has 0 saturated carbocycles. The van der Waals surface area contributed by atoms with Gasteiger partial charge in [-0.2, -0.15) is 4.98 Å². The lowest BCUT2D eigenvalue weighted by Crippen LogP contribution is -2.06. The Balaban J connectivity index is 1.62. The lowest BCUT2D eigenvalue weighted by atomic mass is 10.1. The summed E-state index contributed by atoms with van der Waals surface area (Å²) in [5.41, 5.74) is 4.34. The molecule has 30 heavy (non-hydrogen) atoms. The van der Waals surface area contributed by atoms with Crippen LogP contribution in [0.2, 0.25) is 0 Å². The molecule has 2 N–H and O–H groups in total. The highest BCUT2D eigenvalue weighted by Crippen LogP contribution is 2.23. The van der Waals surface area contributed by atoms with E-state index in [0.29, 0.717) is 23.9 Å². The van der Waals surface area contributed by atoms with Crippen molar-refractivity contribution in [2.45, 2.75) is 13.5 Å². The first-order chi connectivity index (χ1) is 14.7.